The monoisotopic (exact) mass is 248 g/mol. The number of allylic oxidation sites excluding steroid dienone is 1. The Bertz CT molecular complexity index is 722. The maximum Gasteiger partial charge on any atom is 0.163 e. The Labute approximate surface area is 112 Å². The molecule has 0 unspecified atom stereocenters. The van der Waals surface area contributed by atoms with Gasteiger partial charge >= 0.3 is 0 Å². The van der Waals surface area contributed by atoms with Crippen LogP contribution in [0.2, 0.25) is 0 Å². The van der Waals surface area contributed by atoms with Crippen molar-refractivity contribution >= 4 is 22.6 Å². The predicted octanol–water partition coefficient (Wildman–Crippen LogP) is 4.32. The van der Waals surface area contributed by atoms with E-state index in [1.165, 1.54) is 27.5 Å². The van der Waals surface area contributed by atoms with Gasteiger partial charge < -0.3 is 0 Å². The zero-order chi connectivity index (χ0) is 12.8. The van der Waals surface area contributed by atoms with E-state index in [-0.39, 0.29) is 0 Å². The molecule has 0 amide bonds. The van der Waals surface area contributed by atoms with Gasteiger partial charge in [-0.25, -0.2) is 0 Å². The van der Waals surface area contributed by atoms with Crippen LogP contribution in [-0.2, 0) is 12.8 Å². The second-order valence-corrected chi connectivity index (χ2v) is 5.54. The fourth-order valence-corrected chi connectivity index (χ4v) is 3.51. The molecule has 2 aromatic rings. The molecule has 0 N–H and O–H groups in total. The first-order chi connectivity index (χ1) is 9.34. The molecule has 0 heterocycles. The van der Waals surface area contributed by atoms with E-state index in [0.717, 1.165) is 31.2 Å². The average molecular weight is 248 g/mol. The molecule has 2 aliphatic rings. The lowest BCUT2D eigenvalue weighted by Gasteiger charge is -2.20. The Hall–Kier alpha value is -1.89. The van der Waals surface area contributed by atoms with E-state index in [1.54, 1.807) is 0 Å². The first kappa shape index (κ1) is 11.0. The highest BCUT2D eigenvalue weighted by Gasteiger charge is 2.20. The maximum absolute atomic E-state index is 12.0. The molecular formula is C18H16O. The summed E-state index contributed by atoms with van der Waals surface area (Å²) in [6.07, 6.45) is 9.48. The van der Waals surface area contributed by atoms with Crippen molar-refractivity contribution in [1.82, 2.24) is 0 Å². The summed E-state index contributed by atoms with van der Waals surface area (Å²) < 4.78 is 0. The molecule has 0 saturated heterocycles. The molecule has 0 aromatic heterocycles. The topological polar surface area (TPSA) is 17.1 Å². The van der Waals surface area contributed by atoms with Crippen molar-refractivity contribution < 1.29 is 4.79 Å². The molecule has 0 spiro atoms. The summed E-state index contributed by atoms with van der Waals surface area (Å²) in [5.74, 6) is 0.320. The van der Waals surface area contributed by atoms with Gasteiger partial charge in [0.25, 0.3) is 0 Å². The average Bonchev–Trinajstić information content (AvgIpc) is 2.47. The number of aryl methyl sites for hydroxylation is 2. The Morgan fingerprint density at radius 1 is 0.842 bits per heavy atom. The molecular weight excluding hydrogens is 232 g/mol. The van der Waals surface area contributed by atoms with Crippen molar-refractivity contribution in [1.29, 1.82) is 0 Å². The largest absolute Gasteiger partial charge is 0.294 e. The minimum Gasteiger partial charge on any atom is -0.294 e. The van der Waals surface area contributed by atoms with Crippen molar-refractivity contribution in [3.63, 3.8) is 0 Å². The molecule has 19 heavy (non-hydrogen) atoms. The van der Waals surface area contributed by atoms with Crippen LogP contribution in [0.25, 0.3) is 16.8 Å². The van der Waals surface area contributed by atoms with Crippen LogP contribution in [0, 0.1) is 0 Å². The highest BCUT2D eigenvalue weighted by atomic mass is 16.1. The van der Waals surface area contributed by atoms with Gasteiger partial charge in [-0.2, -0.15) is 0 Å². The number of hydrogen-bond acceptors (Lipinski definition) is 1. The highest BCUT2D eigenvalue weighted by molar-refractivity contribution is 6.04. The van der Waals surface area contributed by atoms with Gasteiger partial charge in [-0.3, -0.25) is 4.79 Å². The van der Waals surface area contributed by atoms with E-state index >= 15 is 0 Å². The smallest absolute Gasteiger partial charge is 0.163 e. The Morgan fingerprint density at radius 3 is 2.63 bits per heavy atom. The third kappa shape index (κ3) is 1.58. The number of rotatable bonds is 0. The molecule has 0 saturated carbocycles. The summed E-state index contributed by atoms with van der Waals surface area (Å²) in [5, 5.41) is 2.66. The minimum absolute atomic E-state index is 0.320. The van der Waals surface area contributed by atoms with E-state index < -0.39 is 0 Å². The van der Waals surface area contributed by atoms with E-state index in [9.17, 15) is 4.79 Å². The van der Waals surface area contributed by atoms with Gasteiger partial charge in [0, 0.05) is 12.0 Å². The van der Waals surface area contributed by atoms with Gasteiger partial charge in [-0.1, -0.05) is 36.4 Å². The van der Waals surface area contributed by atoms with Gasteiger partial charge in [0.15, 0.2) is 5.78 Å². The molecule has 0 radical (unpaired) electrons. The summed E-state index contributed by atoms with van der Waals surface area (Å²) in [5.41, 5.74) is 5.05. The zero-order valence-corrected chi connectivity index (χ0v) is 10.9. The molecule has 2 aliphatic carbocycles. The molecule has 0 fully saturated rings. The number of carbonyl (C=O) groups excluding carboxylic acids is 1. The number of hydrogen-bond donors (Lipinski definition) is 0. The van der Waals surface area contributed by atoms with Gasteiger partial charge in [0.1, 0.15) is 0 Å². The Kier molecular flexibility index (Phi) is 2.34. The summed E-state index contributed by atoms with van der Waals surface area (Å²) in [7, 11) is 0. The van der Waals surface area contributed by atoms with E-state index in [0.29, 0.717) is 12.2 Å². The van der Waals surface area contributed by atoms with Gasteiger partial charge in [-0.15, -0.1) is 0 Å². The second-order valence-electron chi connectivity index (χ2n) is 5.54. The van der Waals surface area contributed by atoms with Crippen LogP contribution in [0.15, 0.2) is 30.3 Å². The van der Waals surface area contributed by atoms with Crippen LogP contribution in [0.3, 0.4) is 0 Å². The maximum atomic E-state index is 12.0. The predicted molar refractivity (Wildman–Crippen MR) is 78.6 cm³/mol. The van der Waals surface area contributed by atoms with E-state index in [1.807, 2.05) is 0 Å². The van der Waals surface area contributed by atoms with Crippen LogP contribution in [0.4, 0.5) is 0 Å². The SMILES string of the molecule is O=C1CCCc2c1ccc1c3c(ccc21)C=CCC3. The molecule has 0 aliphatic heterocycles. The lowest BCUT2D eigenvalue weighted by molar-refractivity contribution is 0.0973. The van der Waals surface area contributed by atoms with Crippen molar-refractivity contribution in [3.8, 4) is 0 Å². The van der Waals surface area contributed by atoms with Crippen molar-refractivity contribution in [3.05, 3.63) is 52.6 Å². The first-order valence-electron chi connectivity index (χ1n) is 7.12. The molecule has 1 nitrogen and oxygen atoms in total. The van der Waals surface area contributed by atoms with Crippen LogP contribution in [0.5, 0.6) is 0 Å². The van der Waals surface area contributed by atoms with Gasteiger partial charge in [0.05, 0.1) is 0 Å². The molecule has 2 aromatic carbocycles. The number of carbonyl (C=O) groups is 1. The Morgan fingerprint density at radius 2 is 1.68 bits per heavy atom. The summed E-state index contributed by atoms with van der Waals surface area (Å²) >= 11 is 0. The van der Waals surface area contributed by atoms with Crippen molar-refractivity contribution in [2.45, 2.75) is 32.1 Å². The van der Waals surface area contributed by atoms with Crippen LogP contribution < -0.4 is 0 Å². The summed E-state index contributed by atoms with van der Waals surface area (Å²) in [4.78, 5) is 12.0. The third-order valence-corrected chi connectivity index (χ3v) is 4.45. The molecule has 1 heteroatoms. The fourth-order valence-electron chi connectivity index (χ4n) is 3.51. The molecule has 4 rings (SSSR count). The standard InChI is InChI=1S/C18H16O/c19-18-7-3-6-14-16-9-8-12-4-1-2-5-13(12)15(16)10-11-17(14)18/h1,4,8-11H,2-3,5-7H2. The summed E-state index contributed by atoms with van der Waals surface area (Å²) in [6.45, 7) is 0. The lowest BCUT2D eigenvalue weighted by atomic mass is 9.83. The number of Topliss-reactive ketones (excluding diaryl/α,β-unsaturated/α-hetero) is 1. The van der Waals surface area contributed by atoms with Crippen LogP contribution in [-0.4, -0.2) is 5.78 Å². The first-order valence-corrected chi connectivity index (χ1v) is 7.12. The van der Waals surface area contributed by atoms with Crippen LogP contribution >= 0.6 is 0 Å². The normalized spacial score (nSPS) is 17.4. The summed E-state index contributed by atoms with van der Waals surface area (Å²) in [6, 6.07) is 8.64. The van der Waals surface area contributed by atoms with Crippen LogP contribution in [0.1, 0.15) is 46.3 Å². The quantitative estimate of drug-likeness (QED) is 0.678. The Balaban J connectivity index is 2.06. The number of ketones is 1. The van der Waals surface area contributed by atoms with Gasteiger partial charge in [0.2, 0.25) is 0 Å². The zero-order valence-electron chi connectivity index (χ0n) is 10.9. The van der Waals surface area contributed by atoms with E-state index in [4.69, 9.17) is 0 Å². The fraction of sp³-hybridized carbons (Fsp3) is 0.278. The lowest BCUT2D eigenvalue weighted by Crippen LogP contribution is -2.11. The highest BCUT2D eigenvalue weighted by Crippen LogP contribution is 2.34. The molecule has 0 atom stereocenters. The third-order valence-electron chi connectivity index (χ3n) is 4.45. The molecule has 0 bridgehead atoms. The number of fused-ring (bicyclic) bond motifs is 5. The second kappa shape index (κ2) is 4.06. The number of benzene rings is 2. The van der Waals surface area contributed by atoms with E-state index in [2.05, 4.69) is 36.4 Å². The minimum atomic E-state index is 0.320. The van der Waals surface area contributed by atoms with Crippen molar-refractivity contribution in [2.75, 3.05) is 0 Å². The van der Waals surface area contributed by atoms with Gasteiger partial charge in [-0.05, 0) is 53.1 Å². The molecule has 94 valence electrons. The van der Waals surface area contributed by atoms with Crippen molar-refractivity contribution in [2.24, 2.45) is 0 Å².